The highest BCUT2D eigenvalue weighted by atomic mass is 16.5. The highest BCUT2D eigenvalue weighted by Crippen LogP contribution is 2.27. The van der Waals surface area contributed by atoms with Crippen molar-refractivity contribution in [2.24, 2.45) is 0 Å². The predicted molar refractivity (Wildman–Crippen MR) is 79.4 cm³/mol. The normalized spacial score (nSPS) is 10.4. The van der Waals surface area contributed by atoms with E-state index >= 15 is 0 Å². The van der Waals surface area contributed by atoms with Crippen molar-refractivity contribution < 1.29 is 14.3 Å². The molecule has 0 spiro atoms. The molecule has 0 heterocycles. The van der Waals surface area contributed by atoms with Crippen molar-refractivity contribution >= 4 is 5.91 Å². The van der Waals surface area contributed by atoms with Gasteiger partial charge in [0.2, 0.25) is 5.91 Å². The minimum Gasteiger partial charge on any atom is -0.493 e. The molecule has 0 radical (unpaired) electrons. The van der Waals surface area contributed by atoms with Crippen molar-refractivity contribution in [3.8, 4) is 11.5 Å². The van der Waals surface area contributed by atoms with Gasteiger partial charge in [-0.25, -0.2) is 0 Å². The van der Waals surface area contributed by atoms with Crippen molar-refractivity contribution in [1.29, 1.82) is 0 Å². The number of carbonyl (C=O) groups excluding carboxylic acids is 1. The largest absolute Gasteiger partial charge is 0.493 e. The van der Waals surface area contributed by atoms with Crippen LogP contribution < -0.4 is 14.8 Å². The number of nitrogens with one attached hydrogen (secondary N) is 1. The van der Waals surface area contributed by atoms with E-state index in [9.17, 15) is 4.79 Å². The quantitative estimate of drug-likeness (QED) is 0.730. The third-order valence-corrected chi connectivity index (χ3v) is 2.92. The fraction of sp³-hybridized carbons (Fsp3) is 0.533. The molecule has 0 aliphatic heterocycles. The number of hydrogen-bond donors (Lipinski definition) is 1. The number of amides is 1. The van der Waals surface area contributed by atoms with Crippen molar-refractivity contribution in [3.05, 3.63) is 23.8 Å². The smallest absolute Gasteiger partial charge is 0.224 e. The Morgan fingerprint density at radius 3 is 2.50 bits per heavy atom. The third-order valence-electron chi connectivity index (χ3n) is 2.92. The highest BCUT2D eigenvalue weighted by Gasteiger charge is 2.08. The predicted octanol–water partition coefficient (Wildman–Crippen LogP) is 1.31. The average molecular weight is 280 g/mol. The molecule has 0 bridgehead atoms. The fourth-order valence-corrected chi connectivity index (χ4v) is 1.86. The van der Waals surface area contributed by atoms with E-state index in [2.05, 4.69) is 10.2 Å². The van der Waals surface area contributed by atoms with Gasteiger partial charge in [-0.1, -0.05) is 6.07 Å². The summed E-state index contributed by atoms with van der Waals surface area (Å²) in [6.45, 7) is 1.67. The minimum atomic E-state index is 0.0241. The Morgan fingerprint density at radius 1 is 1.20 bits per heavy atom. The molecule has 0 saturated carbocycles. The maximum absolute atomic E-state index is 11.8. The lowest BCUT2D eigenvalue weighted by molar-refractivity contribution is -0.120. The van der Waals surface area contributed by atoms with E-state index in [4.69, 9.17) is 9.47 Å². The topological polar surface area (TPSA) is 50.8 Å². The summed E-state index contributed by atoms with van der Waals surface area (Å²) in [6.07, 6.45) is 1.30. The summed E-state index contributed by atoms with van der Waals surface area (Å²) in [6, 6.07) is 5.52. The van der Waals surface area contributed by atoms with Gasteiger partial charge in [-0.3, -0.25) is 4.79 Å². The second kappa shape index (κ2) is 8.43. The molecule has 0 atom stereocenters. The molecule has 1 aromatic carbocycles. The fourth-order valence-electron chi connectivity index (χ4n) is 1.86. The summed E-state index contributed by atoms with van der Waals surface area (Å²) in [5.74, 6) is 1.34. The number of rotatable bonds is 8. The molecular formula is C15H24N2O3. The average Bonchev–Trinajstić information content (AvgIpc) is 2.43. The van der Waals surface area contributed by atoms with Crippen LogP contribution in [0.1, 0.15) is 12.0 Å². The molecule has 0 aliphatic carbocycles. The van der Waals surface area contributed by atoms with Crippen LogP contribution in [0.15, 0.2) is 18.2 Å². The van der Waals surface area contributed by atoms with Gasteiger partial charge in [0.25, 0.3) is 0 Å². The molecule has 0 fully saturated rings. The van der Waals surface area contributed by atoms with Gasteiger partial charge >= 0.3 is 0 Å². The van der Waals surface area contributed by atoms with Crippen LogP contribution in [0.2, 0.25) is 0 Å². The minimum absolute atomic E-state index is 0.0241. The second-order valence-corrected chi connectivity index (χ2v) is 4.87. The van der Waals surface area contributed by atoms with Gasteiger partial charge in [0.15, 0.2) is 11.5 Å². The summed E-state index contributed by atoms with van der Waals surface area (Å²) in [4.78, 5) is 13.9. The molecule has 112 valence electrons. The third kappa shape index (κ3) is 5.48. The van der Waals surface area contributed by atoms with Crippen molar-refractivity contribution in [3.63, 3.8) is 0 Å². The van der Waals surface area contributed by atoms with E-state index in [0.717, 1.165) is 18.5 Å². The van der Waals surface area contributed by atoms with Gasteiger partial charge in [-0.05, 0) is 44.8 Å². The molecule has 1 rings (SSSR count). The molecule has 1 aromatic rings. The standard InChI is InChI=1S/C15H24N2O3/c1-17(2)9-5-8-16-15(18)11-12-6-7-13(19-3)14(10-12)20-4/h6-7,10H,5,8-9,11H2,1-4H3,(H,16,18). The molecule has 1 N–H and O–H groups in total. The van der Waals surface area contributed by atoms with Gasteiger partial charge in [0, 0.05) is 6.54 Å². The van der Waals surface area contributed by atoms with E-state index in [-0.39, 0.29) is 5.91 Å². The van der Waals surface area contributed by atoms with Crippen LogP contribution in [0.4, 0.5) is 0 Å². The zero-order valence-corrected chi connectivity index (χ0v) is 12.7. The Morgan fingerprint density at radius 2 is 1.90 bits per heavy atom. The Hall–Kier alpha value is -1.75. The first-order valence-corrected chi connectivity index (χ1v) is 6.69. The second-order valence-electron chi connectivity index (χ2n) is 4.87. The Bertz CT molecular complexity index is 433. The van der Waals surface area contributed by atoms with Crippen molar-refractivity contribution in [2.45, 2.75) is 12.8 Å². The molecule has 5 nitrogen and oxygen atoms in total. The van der Waals surface area contributed by atoms with E-state index < -0.39 is 0 Å². The number of ether oxygens (including phenoxy) is 2. The Labute approximate surface area is 120 Å². The van der Waals surface area contributed by atoms with Crippen molar-refractivity contribution in [1.82, 2.24) is 10.2 Å². The molecule has 0 aromatic heterocycles. The van der Waals surface area contributed by atoms with E-state index in [1.165, 1.54) is 0 Å². The monoisotopic (exact) mass is 280 g/mol. The lowest BCUT2D eigenvalue weighted by atomic mass is 10.1. The van der Waals surface area contributed by atoms with Gasteiger partial charge in [0.05, 0.1) is 20.6 Å². The van der Waals surface area contributed by atoms with E-state index in [0.29, 0.717) is 24.5 Å². The maximum atomic E-state index is 11.8. The summed E-state index contributed by atoms with van der Waals surface area (Å²) >= 11 is 0. The number of nitrogens with zero attached hydrogens (tertiary/aromatic N) is 1. The SMILES string of the molecule is COc1ccc(CC(=O)NCCCN(C)C)cc1OC. The molecule has 0 aliphatic rings. The highest BCUT2D eigenvalue weighted by molar-refractivity contribution is 5.78. The van der Waals surface area contributed by atoms with Gasteiger partial charge in [-0.15, -0.1) is 0 Å². The van der Waals surface area contributed by atoms with Crippen LogP contribution in [0, 0.1) is 0 Å². The molecule has 0 saturated heterocycles. The number of hydrogen-bond acceptors (Lipinski definition) is 4. The van der Waals surface area contributed by atoms with Gasteiger partial charge < -0.3 is 19.7 Å². The molecule has 1 amide bonds. The van der Waals surface area contributed by atoms with Crippen LogP contribution in [0.5, 0.6) is 11.5 Å². The zero-order valence-electron chi connectivity index (χ0n) is 12.7. The van der Waals surface area contributed by atoms with Gasteiger partial charge in [-0.2, -0.15) is 0 Å². The number of carbonyl (C=O) groups is 1. The Kier molecular flexibility index (Phi) is 6.87. The van der Waals surface area contributed by atoms with E-state index in [1.54, 1.807) is 14.2 Å². The number of benzene rings is 1. The van der Waals surface area contributed by atoms with Gasteiger partial charge in [0.1, 0.15) is 0 Å². The van der Waals surface area contributed by atoms with Crippen molar-refractivity contribution in [2.75, 3.05) is 41.4 Å². The lowest BCUT2D eigenvalue weighted by Gasteiger charge is -2.11. The first-order valence-electron chi connectivity index (χ1n) is 6.69. The van der Waals surface area contributed by atoms with Crippen LogP contribution in [-0.2, 0) is 11.2 Å². The lowest BCUT2D eigenvalue weighted by Crippen LogP contribution is -2.28. The molecule has 0 unspecified atom stereocenters. The first kappa shape index (κ1) is 16.3. The molecule has 20 heavy (non-hydrogen) atoms. The Balaban J connectivity index is 2.45. The van der Waals surface area contributed by atoms with Crippen LogP contribution in [0.25, 0.3) is 0 Å². The van der Waals surface area contributed by atoms with Crippen LogP contribution >= 0.6 is 0 Å². The summed E-state index contributed by atoms with van der Waals surface area (Å²) < 4.78 is 10.4. The number of methoxy groups -OCH3 is 2. The molecule has 5 heteroatoms. The van der Waals surface area contributed by atoms with Crippen LogP contribution in [-0.4, -0.2) is 52.2 Å². The molecular weight excluding hydrogens is 256 g/mol. The van der Waals surface area contributed by atoms with E-state index in [1.807, 2.05) is 32.3 Å². The maximum Gasteiger partial charge on any atom is 0.224 e. The zero-order chi connectivity index (χ0) is 15.0. The van der Waals surface area contributed by atoms with Crippen LogP contribution in [0.3, 0.4) is 0 Å². The summed E-state index contributed by atoms with van der Waals surface area (Å²) in [5, 5.41) is 2.91. The summed E-state index contributed by atoms with van der Waals surface area (Å²) in [5.41, 5.74) is 0.910. The summed E-state index contributed by atoms with van der Waals surface area (Å²) in [7, 11) is 7.22. The first-order chi connectivity index (χ1) is 9.56.